The van der Waals surface area contributed by atoms with Gasteiger partial charge in [0.15, 0.2) is 5.82 Å². The normalized spacial score (nSPS) is 16.8. The molecule has 0 radical (unpaired) electrons. The summed E-state index contributed by atoms with van der Waals surface area (Å²) in [7, 11) is 0. The number of nitrogens with two attached hydrogens (primary N) is 1. The topological polar surface area (TPSA) is 84.9 Å². The molecule has 118 valence electrons. The van der Waals surface area contributed by atoms with Crippen molar-refractivity contribution >= 4 is 11.8 Å². The van der Waals surface area contributed by atoms with E-state index in [0.29, 0.717) is 11.7 Å². The van der Waals surface area contributed by atoms with Crippen molar-refractivity contribution in [1.29, 1.82) is 0 Å². The zero-order valence-electron chi connectivity index (χ0n) is 12.9. The summed E-state index contributed by atoms with van der Waals surface area (Å²) in [6, 6.07) is 3.72. The van der Waals surface area contributed by atoms with Gasteiger partial charge in [0.2, 0.25) is 5.95 Å². The molecule has 0 amide bonds. The van der Waals surface area contributed by atoms with Crippen LogP contribution < -0.4 is 11.1 Å². The monoisotopic (exact) mass is 301 g/mol. The molecule has 7 heteroatoms. The van der Waals surface area contributed by atoms with E-state index >= 15 is 0 Å². The zero-order chi connectivity index (χ0) is 15.4. The molecule has 0 unspecified atom stereocenters. The van der Waals surface area contributed by atoms with Crippen LogP contribution in [0.15, 0.2) is 24.5 Å². The molecule has 22 heavy (non-hydrogen) atoms. The minimum atomic E-state index is 0.252. The maximum Gasteiger partial charge on any atom is 0.224 e. The molecule has 0 aliphatic carbocycles. The van der Waals surface area contributed by atoms with E-state index in [2.05, 4.69) is 32.2 Å². The number of rotatable bonds is 6. The van der Waals surface area contributed by atoms with E-state index in [1.807, 2.05) is 18.3 Å². The Kier molecular flexibility index (Phi) is 4.53. The second-order valence-corrected chi connectivity index (χ2v) is 5.91. The molecule has 3 rings (SSSR count). The van der Waals surface area contributed by atoms with Crippen LogP contribution in [0.25, 0.3) is 5.82 Å². The van der Waals surface area contributed by atoms with Gasteiger partial charge in [0.25, 0.3) is 0 Å². The van der Waals surface area contributed by atoms with Gasteiger partial charge < -0.3 is 16.0 Å². The fraction of sp³-hybridized carbons (Fsp3) is 0.533. The molecule has 1 aliphatic heterocycles. The molecule has 1 aliphatic rings. The van der Waals surface area contributed by atoms with E-state index in [-0.39, 0.29) is 5.95 Å². The summed E-state index contributed by atoms with van der Waals surface area (Å²) >= 11 is 0. The van der Waals surface area contributed by atoms with Crippen LogP contribution in [0.5, 0.6) is 0 Å². The summed E-state index contributed by atoms with van der Waals surface area (Å²) in [4.78, 5) is 11.0. The van der Waals surface area contributed by atoms with Crippen LogP contribution in [-0.2, 0) is 0 Å². The molecule has 0 aromatic carbocycles. The van der Waals surface area contributed by atoms with Crippen molar-refractivity contribution in [3.8, 4) is 5.82 Å². The van der Waals surface area contributed by atoms with Crippen molar-refractivity contribution in [1.82, 2.24) is 24.6 Å². The van der Waals surface area contributed by atoms with Crippen LogP contribution in [-0.4, -0.2) is 50.8 Å². The predicted molar refractivity (Wildman–Crippen MR) is 86.9 cm³/mol. The molecule has 1 saturated heterocycles. The largest absolute Gasteiger partial charge is 0.370 e. The van der Waals surface area contributed by atoms with Crippen molar-refractivity contribution in [2.45, 2.75) is 19.8 Å². The number of nitrogens with one attached hydrogen (secondary N) is 1. The summed E-state index contributed by atoms with van der Waals surface area (Å²) in [5.41, 5.74) is 5.79. The first-order valence-corrected chi connectivity index (χ1v) is 7.81. The highest BCUT2D eigenvalue weighted by atomic mass is 15.3. The predicted octanol–water partition coefficient (Wildman–Crippen LogP) is 1.39. The Morgan fingerprint density at radius 2 is 2.14 bits per heavy atom. The van der Waals surface area contributed by atoms with Gasteiger partial charge >= 0.3 is 0 Å². The quantitative estimate of drug-likeness (QED) is 0.838. The first-order chi connectivity index (χ1) is 10.7. The van der Waals surface area contributed by atoms with Crippen LogP contribution in [0.3, 0.4) is 0 Å². The van der Waals surface area contributed by atoms with E-state index in [1.54, 1.807) is 10.9 Å². The van der Waals surface area contributed by atoms with Gasteiger partial charge in [-0.05, 0) is 37.9 Å². The second-order valence-electron chi connectivity index (χ2n) is 5.91. The number of anilines is 2. The van der Waals surface area contributed by atoms with Crippen molar-refractivity contribution in [3.05, 3.63) is 24.5 Å². The third-order valence-corrected chi connectivity index (χ3v) is 3.87. The minimum Gasteiger partial charge on any atom is -0.370 e. The van der Waals surface area contributed by atoms with E-state index < -0.39 is 0 Å². The number of likely N-dealkylation sites (tertiary alicyclic amines) is 1. The highest BCUT2D eigenvalue weighted by molar-refractivity contribution is 5.45. The summed E-state index contributed by atoms with van der Waals surface area (Å²) in [5.74, 6) is 2.23. The Morgan fingerprint density at radius 1 is 1.32 bits per heavy atom. The molecule has 7 nitrogen and oxygen atoms in total. The van der Waals surface area contributed by atoms with E-state index in [1.165, 1.54) is 25.9 Å². The van der Waals surface area contributed by atoms with Gasteiger partial charge in [-0.2, -0.15) is 15.1 Å². The summed E-state index contributed by atoms with van der Waals surface area (Å²) in [5, 5.41) is 7.53. The van der Waals surface area contributed by atoms with Crippen LogP contribution in [0.2, 0.25) is 0 Å². The maximum absolute atomic E-state index is 5.79. The smallest absolute Gasteiger partial charge is 0.224 e. The SMILES string of the molecule is C[C@@H](CNc1cc(-n2cccn2)nc(N)n1)CN1CCCC1. The van der Waals surface area contributed by atoms with Crippen molar-refractivity contribution in [2.75, 3.05) is 37.2 Å². The third kappa shape index (κ3) is 3.73. The lowest BCUT2D eigenvalue weighted by Crippen LogP contribution is -2.29. The van der Waals surface area contributed by atoms with Crippen LogP contribution in [0.1, 0.15) is 19.8 Å². The fourth-order valence-electron chi connectivity index (χ4n) is 2.81. The van der Waals surface area contributed by atoms with Gasteiger partial charge in [0, 0.05) is 31.5 Å². The van der Waals surface area contributed by atoms with E-state index in [4.69, 9.17) is 5.73 Å². The van der Waals surface area contributed by atoms with Gasteiger partial charge in [0.1, 0.15) is 5.82 Å². The highest BCUT2D eigenvalue weighted by Gasteiger charge is 2.14. The molecule has 2 aromatic heterocycles. The Balaban J connectivity index is 1.60. The molecular formula is C15H23N7. The molecule has 3 heterocycles. The maximum atomic E-state index is 5.79. The van der Waals surface area contributed by atoms with Gasteiger partial charge in [-0.3, -0.25) is 0 Å². The van der Waals surface area contributed by atoms with Gasteiger partial charge in [0.05, 0.1) is 0 Å². The third-order valence-electron chi connectivity index (χ3n) is 3.87. The van der Waals surface area contributed by atoms with Crippen molar-refractivity contribution < 1.29 is 0 Å². The number of nitrogens with zero attached hydrogens (tertiary/aromatic N) is 5. The van der Waals surface area contributed by atoms with Crippen molar-refractivity contribution in [3.63, 3.8) is 0 Å². The average Bonchev–Trinajstić information content (AvgIpc) is 3.18. The molecule has 1 atom stereocenters. The Labute approximate surface area is 130 Å². The fourth-order valence-corrected chi connectivity index (χ4v) is 2.81. The lowest BCUT2D eigenvalue weighted by molar-refractivity contribution is 0.294. The van der Waals surface area contributed by atoms with Crippen LogP contribution >= 0.6 is 0 Å². The molecule has 1 fully saturated rings. The highest BCUT2D eigenvalue weighted by Crippen LogP contribution is 2.14. The number of aromatic nitrogens is 4. The minimum absolute atomic E-state index is 0.252. The van der Waals surface area contributed by atoms with E-state index in [9.17, 15) is 0 Å². The van der Waals surface area contributed by atoms with Crippen LogP contribution in [0, 0.1) is 5.92 Å². The first-order valence-electron chi connectivity index (χ1n) is 7.81. The molecule has 2 aromatic rings. The molecule has 0 bridgehead atoms. The van der Waals surface area contributed by atoms with Gasteiger partial charge in [-0.25, -0.2) is 4.68 Å². The molecule has 0 saturated carbocycles. The Bertz CT molecular complexity index is 590. The van der Waals surface area contributed by atoms with Gasteiger partial charge in [-0.1, -0.05) is 6.92 Å². The van der Waals surface area contributed by atoms with Crippen LogP contribution in [0.4, 0.5) is 11.8 Å². The molecule has 0 spiro atoms. The standard InChI is InChI=1S/C15H23N7/c1-12(11-21-6-2-3-7-21)10-17-13-9-14(20-15(16)19-13)22-8-4-5-18-22/h4-5,8-9,12H,2-3,6-7,10-11H2,1H3,(H3,16,17,19,20)/t12-/m0/s1. The average molecular weight is 301 g/mol. The lowest BCUT2D eigenvalue weighted by atomic mass is 10.1. The first kappa shape index (κ1) is 14.8. The van der Waals surface area contributed by atoms with Gasteiger partial charge in [-0.15, -0.1) is 0 Å². The molecule has 3 N–H and O–H groups in total. The van der Waals surface area contributed by atoms with Crippen molar-refractivity contribution in [2.24, 2.45) is 5.92 Å². The Hall–Kier alpha value is -2.15. The second kappa shape index (κ2) is 6.74. The summed E-state index contributed by atoms with van der Waals surface area (Å²) < 4.78 is 1.68. The number of hydrogen-bond acceptors (Lipinski definition) is 6. The number of nitrogen functional groups attached to an aromatic ring is 1. The summed E-state index contributed by atoms with van der Waals surface area (Å²) in [6.45, 7) is 6.71. The Morgan fingerprint density at radius 3 is 2.86 bits per heavy atom. The number of hydrogen-bond donors (Lipinski definition) is 2. The van der Waals surface area contributed by atoms with E-state index in [0.717, 1.165) is 18.9 Å². The summed E-state index contributed by atoms with van der Waals surface area (Å²) in [6.07, 6.45) is 6.21. The molecular weight excluding hydrogens is 278 g/mol. The lowest BCUT2D eigenvalue weighted by Gasteiger charge is -2.20. The zero-order valence-corrected chi connectivity index (χ0v) is 12.9.